The highest BCUT2D eigenvalue weighted by atomic mass is 16.4. The van der Waals surface area contributed by atoms with Crippen molar-refractivity contribution in [2.45, 2.75) is 25.7 Å². The van der Waals surface area contributed by atoms with E-state index in [2.05, 4.69) is 0 Å². The smallest absolute Gasteiger partial charge is 0.332 e. The van der Waals surface area contributed by atoms with E-state index < -0.39 is 11.4 Å². The first-order valence-electron chi connectivity index (χ1n) is 6.00. The number of rotatable bonds is 2. The minimum Gasteiger partial charge on any atom is -0.478 e. The highest BCUT2D eigenvalue weighted by Gasteiger charge is 2.43. The van der Waals surface area contributed by atoms with E-state index in [1.807, 2.05) is 44.2 Å². The number of allylic oxidation sites excluding steroid dienone is 1. The lowest BCUT2D eigenvalue weighted by atomic mass is 9.63. The average molecular weight is 244 g/mol. The van der Waals surface area contributed by atoms with Crippen LogP contribution in [0.1, 0.15) is 25.8 Å². The minimum absolute atomic E-state index is 0.0245. The van der Waals surface area contributed by atoms with Crippen LogP contribution in [0.25, 0.3) is 0 Å². The zero-order chi connectivity index (χ0) is 13.3. The summed E-state index contributed by atoms with van der Waals surface area (Å²) in [6.07, 6.45) is 1.68. The molecule has 2 atom stereocenters. The van der Waals surface area contributed by atoms with E-state index >= 15 is 0 Å². The van der Waals surface area contributed by atoms with Crippen LogP contribution in [0.2, 0.25) is 0 Å². The first-order chi connectivity index (χ1) is 8.46. The number of carbonyl (C=O) groups excluding carboxylic acids is 1. The molecular weight excluding hydrogens is 228 g/mol. The van der Waals surface area contributed by atoms with Crippen LogP contribution in [0.5, 0.6) is 0 Å². The summed E-state index contributed by atoms with van der Waals surface area (Å²) in [5, 5.41) is 9.35. The molecule has 3 heteroatoms. The third-order valence-corrected chi connectivity index (χ3v) is 3.96. The number of hydrogen-bond acceptors (Lipinski definition) is 2. The number of carboxylic acids is 1. The number of ketones is 1. The lowest BCUT2D eigenvalue weighted by Gasteiger charge is -2.39. The Morgan fingerprint density at radius 3 is 2.50 bits per heavy atom. The molecule has 3 nitrogen and oxygen atoms in total. The zero-order valence-corrected chi connectivity index (χ0v) is 10.5. The van der Waals surface area contributed by atoms with Crippen LogP contribution in [0.4, 0.5) is 0 Å². The maximum absolute atomic E-state index is 11.6. The molecule has 1 aliphatic carbocycles. The second kappa shape index (κ2) is 4.41. The molecule has 0 spiro atoms. The maximum Gasteiger partial charge on any atom is 0.332 e. The van der Waals surface area contributed by atoms with E-state index in [0.29, 0.717) is 6.42 Å². The molecule has 0 amide bonds. The van der Waals surface area contributed by atoms with Gasteiger partial charge < -0.3 is 5.11 Å². The van der Waals surface area contributed by atoms with Crippen LogP contribution in [0, 0.1) is 5.92 Å². The molecule has 0 saturated heterocycles. The molecular formula is C15H16O3. The van der Waals surface area contributed by atoms with Crippen LogP contribution >= 0.6 is 0 Å². The Labute approximate surface area is 106 Å². The molecule has 0 bridgehead atoms. The van der Waals surface area contributed by atoms with Gasteiger partial charge in [-0.3, -0.25) is 4.79 Å². The van der Waals surface area contributed by atoms with Gasteiger partial charge in [0.15, 0.2) is 5.78 Å². The third kappa shape index (κ3) is 1.86. The monoisotopic (exact) mass is 244 g/mol. The van der Waals surface area contributed by atoms with E-state index in [1.54, 1.807) is 0 Å². The summed E-state index contributed by atoms with van der Waals surface area (Å²) in [6, 6.07) is 9.52. The van der Waals surface area contributed by atoms with Crippen molar-refractivity contribution >= 4 is 11.8 Å². The normalized spacial score (nSPS) is 27.8. The van der Waals surface area contributed by atoms with E-state index in [4.69, 9.17) is 0 Å². The van der Waals surface area contributed by atoms with Crippen LogP contribution < -0.4 is 0 Å². The van der Waals surface area contributed by atoms with Crippen molar-refractivity contribution < 1.29 is 14.7 Å². The molecule has 0 aromatic heterocycles. The van der Waals surface area contributed by atoms with E-state index in [1.165, 1.54) is 6.08 Å². The Hall–Kier alpha value is -1.90. The lowest BCUT2D eigenvalue weighted by Crippen LogP contribution is -2.40. The Morgan fingerprint density at radius 1 is 1.33 bits per heavy atom. The minimum atomic E-state index is -1.01. The number of hydrogen-bond donors (Lipinski definition) is 1. The quantitative estimate of drug-likeness (QED) is 0.869. The predicted octanol–water partition coefficient (Wildman–Crippen LogP) is 2.56. The van der Waals surface area contributed by atoms with Gasteiger partial charge in [0.2, 0.25) is 0 Å². The van der Waals surface area contributed by atoms with Crippen molar-refractivity contribution in [2.24, 2.45) is 5.92 Å². The summed E-state index contributed by atoms with van der Waals surface area (Å²) >= 11 is 0. The van der Waals surface area contributed by atoms with Crippen LogP contribution in [0.15, 0.2) is 42.0 Å². The molecule has 2 unspecified atom stereocenters. The van der Waals surface area contributed by atoms with Gasteiger partial charge in [0, 0.05) is 11.8 Å². The first kappa shape index (κ1) is 12.6. The highest BCUT2D eigenvalue weighted by molar-refractivity contribution is 6.02. The van der Waals surface area contributed by atoms with Gasteiger partial charge in [-0.25, -0.2) is 4.79 Å². The van der Waals surface area contributed by atoms with Gasteiger partial charge in [-0.15, -0.1) is 0 Å². The Morgan fingerprint density at radius 2 is 1.94 bits per heavy atom. The van der Waals surface area contributed by atoms with Crippen LogP contribution in [0.3, 0.4) is 0 Å². The summed E-state index contributed by atoms with van der Waals surface area (Å²) in [7, 11) is 0. The Kier molecular flexibility index (Phi) is 3.07. The number of carboxylic acid groups (broad SMARTS) is 1. The molecule has 1 aromatic carbocycles. The zero-order valence-electron chi connectivity index (χ0n) is 10.5. The van der Waals surface area contributed by atoms with Gasteiger partial charge in [0.05, 0.1) is 5.57 Å². The van der Waals surface area contributed by atoms with Crippen molar-refractivity contribution in [3.8, 4) is 0 Å². The number of aliphatic carboxylic acids is 1. The maximum atomic E-state index is 11.6. The summed E-state index contributed by atoms with van der Waals surface area (Å²) in [6.45, 7) is 3.83. The fourth-order valence-corrected chi connectivity index (χ4v) is 2.65. The molecule has 1 N–H and O–H groups in total. The van der Waals surface area contributed by atoms with Gasteiger partial charge in [-0.05, 0) is 17.6 Å². The van der Waals surface area contributed by atoms with Gasteiger partial charge >= 0.3 is 5.97 Å². The van der Waals surface area contributed by atoms with Gasteiger partial charge in [-0.2, -0.15) is 0 Å². The molecule has 94 valence electrons. The Bertz CT molecular complexity index is 516. The van der Waals surface area contributed by atoms with Gasteiger partial charge in [0.1, 0.15) is 0 Å². The summed E-state index contributed by atoms with van der Waals surface area (Å²) in [4.78, 5) is 23.0. The molecule has 2 rings (SSSR count). The third-order valence-electron chi connectivity index (χ3n) is 3.96. The second-order valence-corrected chi connectivity index (χ2v) is 5.00. The van der Waals surface area contributed by atoms with Gasteiger partial charge in [0.25, 0.3) is 0 Å². The average Bonchev–Trinajstić information content (AvgIpc) is 2.34. The van der Waals surface area contributed by atoms with Crippen molar-refractivity contribution in [1.82, 2.24) is 0 Å². The summed E-state index contributed by atoms with van der Waals surface area (Å²) in [5.74, 6) is -1.14. The standard InChI is InChI=1S/C15H16O3/c1-10-8-12(16)9-13(14(17)18)15(10,2)11-6-4-3-5-7-11/h3-7,9-10H,8H2,1-2H3,(H,17,18). The summed E-state index contributed by atoms with van der Waals surface area (Å²) in [5.41, 5.74) is 0.525. The fourth-order valence-electron chi connectivity index (χ4n) is 2.65. The first-order valence-corrected chi connectivity index (χ1v) is 6.00. The highest BCUT2D eigenvalue weighted by Crippen LogP contribution is 2.43. The molecule has 1 aliphatic rings. The topological polar surface area (TPSA) is 54.4 Å². The second-order valence-electron chi connectivity index (χ2n) is 5.00. The molecule has 0 heterocycles. The molecule has 0 fully saturated rings. The van der Waals surface area contributed by atoms with Crippen molar-refractivity contribution in [3.05, 3.63) is 47.5 Å². The lowest BCUT2D eigenvalue weighted by molar-refractivity contribution is -0.134. The SMILES string of the molecule is CC1CC(=O)C=C(C(=O)O)C1(C)c1ccccc1. The van der Waals surface area contributed by atoms with Crippen molar-refractivity contribution in [3.63, 3.8) is 0 Å². The van der Waals surface area contributed by atoms with Crippen LogP contribution in [-0.2, 0) is 15.0 Å². The van der Waals surface area contributed by atoms with Crippen molar-refractivity contribution in [1.29, 1.82) is 0 Å². The largest absolute Gasteiger partial charge is 0.478 e. The Balaban J connectivity index is 2.61. The number of carbonyl (C=O) groups is 2. The van der Waals surface area contributed by atoms with Gasteiger partial charge in [-0.1, -0.05) is 44.2 Å². The fraction of sp³-hybridized carbons (Fsp3) is 0.333. The van der Waals surface area contributed by atoms with E-state index in [-0.39, 0.29) is 17.3 Å². The summed E-state index contributed by atoms with van der Waals surface area (Å²) < 4.78 is 0. The van der Waals surface area contributed by atoms with E-state index in [9.17, 15) is 14.7 Å². The predicted molar refractivity (Wildman–Crippen MR) is 68.3 cm³/mol. The van der Waals surface area contributed by atoms with Crippen molar-refractivity contribution in [2.75, 3.05) is 0 Å². The van der Waals surface area contributed by atoms with Crippen LogP contribution in [-0.4, -0.2) is 16.9 Å². The molecule has 18 heavy (non-hydrogen) atoms. The molecule has 0 saturated carbocycles. The molecule has 1 aromatic rings. The molecule has 0 radical (unpaired) electrons. The van der Waals surface area contributed by atoms with E-state index in [0.717, 1.165) is 5.56 Å². The number of benzene rings is 1. The molecule has 0 aliphatic heterocycles.